The number of ether oxygens (including phenoxy) is 1. The van der Waals surface area contributed by atoms with E-state index in [1.807, 2.05) is 0 Å². The van der Waals surface area contributed by atoms with E-state index >= 15 is 0 Å². The van der Waals surface area contributed by atoms with E-state index in [9.17, 15) is 4.79 Å². The minimum absolute atomic E-state index is 0.0835. The van der Waals surface area contributed by atoms with Crippen LogP contribution in [0.5, 0.6) is 0 Å². The molecular formula is C9H13N3O3. The van der Waals surface area contributed by atoms with Crippen LogP contribution in [-0.2, 0) is 4.74 Å². The van der Waals surface area contributed by atoms with Gasteiger partial charge in [0.25, 0.3) is 5.91 Å². The fourth-order valence-electron chi connectivity index (χ4n) is 1.60. The van der Waals surface area contributed by atoms with E-state index in [1.54, 1.807) is 4.90 Å². The van der Waals surface area contributed by atoms with Crippen molar-refractivity contribution < 1.29 is 14.6 Å². The molecule has 1 aromatic heterocycles. The molecule has 6 heteroatoms. The molecule has 1 unspecified atom stereocenters. The normalized spacial score (nSPS) is 21.7. The van der Waals surface area contributed by atoms with Crippen LogP contribution in [0.1, 0.15) is 10.5 Å². The van der Waals surface area contributed by atoms with Gasteiger partial charge < -0.3 is 19.7 Å². The van der Waals surface area contributed by atoms with Crippen LogP contribution in [0.15, 0.2) is 12.5 Å². The van der Waals surface area contributed by atoms with E-state index in [0.29, 0.717) is 25.5 Å². The molecule has 0 bridgehead atoms. The monoisotopic (exact) mass is 211 g/mol. The Morgan fingerprint density at radius 3 is 3.33 bits per heavy atom. The van der Waals surface area contributed by atoms with Crippen molar-refractivity contribution >= 4 is 5.91 Å². The largest absolute Gasteiger partial charge is 0.394 e. The van der Waals surface area contributed by atoms with Gasteiger partial charge in [-0.15, -0.1) is 0 Å². The van der Waals surface area contributed by atoms with Crippen molar-refractivity contribution in [2.24, 2.45) is 0 Å². The summed E-state index contributed by atoms with van der Waals surface area (Å²) in [5.41, 5.74) is 0.440. The molecule has 0 aliphatic carbocycles. The maximum Gasteiger partial charge on any atom is 0.272 e. The summed E-state index contributed by atoms with van der Waals surface area (Å²) in [5.74, 6) is -0.144. The quantitative estimate of drug-likeness (QED) is 0.674. The molecule has 0 spiro atoms. The predicted octanol–water partition coefficient (Wildman–Crippen LogP) is -0.757. The van der Waals surface area contributed by atoms with Gasteiger partial charge in [0.05, 0.1) is 38.4 Å². The van der Waals surface area contributed by atoms with Crippen LogP contribution in [0.4, 0.5) is 0 Å². The molecule has 1 atom stereocenters. The fraction of sp³-hybridized carbons (Fsp3) is 0.556. The summed E-state index contributed by atoms with van der Waals surface area (Å²) in [6.07, 6.45) is 2.94. The maximum atomic E-state index is 11.9. The molecule has 2 N–H and O–H groups in total. The average molecular weight is 211 g/mol. The Kier molecular flexibility index (Phi) is 2.98. The maximum absolute atomic E-state index is 11.9. The molecule has 2 heterocycles. The lowest BCUT2D eigenvalue weighted by Gasteiger charge is -2.34. The molecule has 1 aliphatic heterocycles. The van der Waals surface area contributed by atoms with Gasteiger partial charge in [-0.3, -0.25) is 4.79 Å². The highest BCUT2D eigenvalue weighted by Crippen LogP contribution is 2.10. The number of aromatic amines is 1. The third-order valence-corrected chi connectivity index (χ3v) is 2.43. The van der Waals surface area contributed by atoms with Gasteiger partial charge in [-0.25, -0.2) is 4.98 Å². The van der Waals surface area contributed by atoms with Crippen LogP contribution >= 0.6 is 0 Å². The van der Waals surface area contributed by atoms with E-state index in [-0.39, 0.29) is 18.6 Å². The SMILES string of the molecule is O=C(c1cnc[nH]1)N1CCOCC1CO. The Hall–Kier alpha value is -1.40. The number of aromatic nitrogens is 2. The Morgan fingerprint density at radius 1 is 1.80 bits per heavy atom. The lowest BCUT2D eigenvalue weighted by molar-refractivity contribution is -0.0186. The van der Waals surface area contributed by atoms with Gasteiger partial charge in [0.15, 0.2) is 0 Å². The van der Waals surface area contributed by atoms with Gasteiger partial charge in [0.2, 0.25) is 0 Å². The topological polar surface area (TPSA) is 78.5 Å². The van der Waals surface area contributed by atoms with Gasteiger partial charge in [-0.1, -0.05) is 0 Å². The molecule has 1 saturated heterocycles. The molecule has 0 aromatic carbocycles. The van der Waals surface area contributed by atoms with Crippen molar-refractivity contribution in [2.45, 2.75) is 6.04 Å². The third-order valence-electron chi connectivity index (χ3n) is 2.43. The lowest BCUT2D eigenvalue weighted by Crippen LogP contribution is -2.50. The zero-order chi connectivity index (χ0) is 10.7. The van der Waals surface area contributed by atoms with Crippen LogP contribution in [0.3, 0.4) is 0 Å². The van der Waals surface area contributed by atoms with Gasteiger partial charge >= 0.3 is 0 Å². The van der Waals surface area contributed by atoms with E-state index in [1.165, 1.54) is 12.5 Å². The van der Waals surface area contributed by atoms with E-state index in [2.05, 4.69) is 9.97 Å². The van der Waals surface area contributed by atoms with Gasteiger partial charge in [0.1, 0.15) is 5.69 Å². The number of amides is 1. The van der Waals surface area contributed by atoms with Crippen LogP contribution in [0.25, 0.3) is 0 Å². The second-order valence-electron chi connectivity index (χ2n) is 3.38. The van der Waals surface area contributed by atoms with Crippen LogP contribution < -0.4 is 0 Å². The van der Waals surface area contributed by atoms with Crippen molar-refractivity contribution in [3.05, 3.63) is 18.2 Å². The van der Waals surface area contributed by atoms with Gasteiger partial charge in [-0.2, -0.15) is 0 Å². The summed E-state index contributed by atoms with van der Waals surface area (Å²) >= 11 is 0. The Morgan fingerprint density at radius 2 is 2.67 bits per heavy atom. The zero-order valence-electron chi connectivity index (χ0n) is 8.22. The summed E-state index contributed by atoms with van der Waals surface area (Å²) in [5, 5.41) is 9.11. The first kappa shape index (κ1) is 10.1. The zero-order valence-corrected chi connectivity index (χ0v) is 8.22. The predicted molar refractivity (Wildman–Crippen MR) is 51.3 cm³/mol. The van der Waals surface area contributed by atoms with Gasteiger partial charge in [0, 0.05) is 6.54 Å². The van der Waals surface area contributed by atoms with Crippen molar-refractivity contribution in [3.8, 4) is 0 Å². The summed E-state index contributed by atoms with van der Waals surface area (Å²) in [6, 6.07) is -0.255. The van der Waals surface area contributed by atoms with Crippen molar-refractivity contribution in [1.82, 2.24) is 14.9 Å². The third kappa shape index (κ3) is 2.00. The fourth-order valence-corrected chi connectivity index (χ4v) is 1.60. The molecule has 0 radical (unpaired) electrons. The summed E-state index contributed by atoms with van der Waals surface area (Å²) in [4.78, 5) is 20.1. The molecule has 2 rings (SSSR count). The number of nitrogens with one attached hydrogen (secondary N) is 1. The Bertz CT molecular complexity index is 325. The standard InChI is InChI=1S/C9H13N3O3/c13-4-7-5-15-2-1-12(7)9(14)8-3-10-6-11-8/h3,6-7,13H,1-2,4-5H2,(H,10,11). The van der Waals surface area contributed by atoms with E-state index in [4.69, 9.17) is 9.84 Å². The molecule has 6 nitrogen and oxygen atoms in total. The molecule has 1 fully saturated rings. The molecule has 1 amide bonds. The van der Waals surface area contributed by atoms with Crippen molar-refractivity contribution in [2.75, 3.05) is 26.4 Å². The van der Waals surface area contributed by atoms with Crippen LogP contribution in [0.2, 0.25) is 0 Å². The number of hydrogen-bond donors (Lipinski definition) is 2. The number of morpholine rings is 1. The van der Waals surface area contributed by atoms with Gasteiger partial charge in [-0.05, 0) is 0 Å². The number of imidazole rings is 1. The first-order valence-corrected chi connectivity index (χ1v) is 4.81. The minimum Gasteiger partial charge on any atom is -0.394 e. The van der Waals surface area contributed by atoms with E-state index < -0.39 is 0 Å². The number of hydrogen-bond acceptors (Lipinski definition) is 4. The average Bonchev–Trinajstić information content (AvgIpc) is 2.81. The molecular weight excluding hydrogens is 198 g/mol. The first-order chi connectivity index (χ1) is 7.33. The summed E-state index contributed by atoms with van der Waals surface area (Å²) in [7, 11) is 0. The number of aliphatic hydroxyl groups excluding tert-OH is 1. The van der Waals surface area contributed by atoms with E-state index in [0.717, 1.165) is 0 Å². The highest BCUT2D eigenvalue weighted by Gasteiger charge is 2.27. The van der Waals surface area contributed by atoms with Crippen LogP contribution in [-0.4, -0.2) is 58.3 Å². The molecule has 82 valence electrons. The van der Waals surface area contributed by atoms with Crippen molar-refractivity contribution in [1.29, 1.82) is 0 Å². The lowest BCUT2D eigenvalue weighted by atomic mass is 10.2. The first-order valence-electron chi connectivity index (χ1n) is 4.81. The molecule has 15 heavy (non-hydrogen) atoms. The number of carbonyl (C=O) groups excluding carboxylic acids is 1. The number of nitrogens with zero attached hydrogens (tertiary/aromatic N) is 2. The molecule has 1 aromatic rings. The molecule has 0 saturated carbocycles. The number of aliphatic hydroxyl groups is 1. The number of rotatable bonds is 2. The summed E-state index contributed by atoms with van der Waals surface area (Å²) < 4.78 is 5.19. The number of H-pyrrole nitrogens is 1. The summed E-state index contributed by atoms with van der Waals surface area (Å²) in [6.45, 7) is 1.32. The van der Waals surface area contributed by atoms with Crippen LogP contribution in [0, 0.1) is 0 Å². The highest BCUT2D eigenvalue weighted by molar-refractivity contribution is 5.92. The second kappa shape index (κ2) is 4.41. The minimum atomic E-state index is -0.255. The highest BCUT2D eigenvalue weighted by atomic mass is 16.5. The Balaban J connectivity index is 2.11. The number of carbonyl (C=O) groups is 1. The van der Waals surface area contributed by atoms with Crippen molar-refractivity contribution in [3.63, 3.8) is 0 Å². The second-order valence-corrected chi connectivity index (χ2v) is 3.38. The smallest absolute Gasteiger partial charge is 0.272 e. The Labute approximate surface area is 86.9 Å². The molecule has 1 aliphatic rings.